The summed E-state index contributed by atoms with van der Waals surface area (Å²) in [5.41, 5.74) is 8.25. The minimum absolute atomic E-state index is 0.0701. The monoisotopic (exact) mass is 294 g/mol. The number of nitrogens with two attached hydrogens (primary N) is 1. The highest BCUT2D eigenvalue weighted by Crippen LogP contribution is 2.22. The summed E-state index contributed by atoms with van der Waals surface area (Å²) >= 11 is 12.0. The number of halogens is 2. The maximum absolute atomic E-state index is 6.14. The van der Waals surface area contributed by atoms with Crippen LogP contribution in [0.1, 0.15) is 17.7 Å². The zero-order valence-corrected chi connectivity index (χ0v) is 12.0. The molecular weight excluding hydrogens is 279 g/mol. The van der Waals surface area contributed by atoms with Crippen molar-refractivity contribution in [2.24, 2.45) is 5.73 Å². The second kappa shape index (κ2) is 6.90. The molecule has 1 atom stereocenters. The van der Waals surface area contributed by atoms with Crippen molar-refractivity contribution in [2.45, 2.75) is 25.3 Å². The van der Waals surface area contributed by atoms with E-state index in [2.05, 4.69) is 4.98 Å². The van der Waals surface area contributed by atoms with Crippen LogP contribution < -0.4 is 5.73 Å². The summed E-state index contributed by atoms with van der Waals surface area (Å²) in [6, 6.07) is 11.5. The number of aromatic nitrogens is 1. The van der Waals surface area contributed by atoms with Gasteiger partial charge in [-0.3, -0.25) is 4.98 Å². The Morgan fingerprint density at radius 2 is 2.00 bits per heavy atom. The van der Waals surface area contributed by atoms with Crippen LogP contribution >= 0.6 is 23.2 Å². The first-order valence-electron chi connectivity index (χ1n) is 6.24. The molecule has 0 saturated heterocycles. The van der Waals surface area contributed by atoms with E-state index in [4.69, 9.17) is 28.9 Å². The van der Waals surface area contributed by atoms with E-state index in [1.54, 1.807) is 12.3 Å². The standard InChI is InChI=1S/C15H16Cl2N2/c16-12-5-4-11(15(17)10-12)9-13(18)6-7-14-3-1-2-8-19-14/h1-5,8,10,13H,6-7,9,18H2. The molecule has 2 N–H and O–H groups in total. The fourth-order valence-electron chi connectivity index (χ4n) is 1.95. The van der Waals surface area contributed by atoms with Crippen molar-refractivity contribution in [3.63, 3.8) is 0 Å². The molecule has 2 aromatic rings. The molecule has 0 radical (unpaired) electrons. The Balaban J connectivity index is 1.89. The molecule has 0 fully saturated rings. The summed E-state index contributed by atoms with van der Waals surface area (Å²) in [5, 5.41) is 1.33. The van der Waals surface area contributed by atoms with E-state index in [1.807, 2.05) is 30.3 Å². The summed E-state index contributed by atoms with van der Waals surface area (Å²) in [4.78, 5) is 4.29. The highest BCUT2D eigenvalue weighted by atomic mass is 35.5. The van der Waals surface area contributed by atoms with Crippen LogP contribution in [-0.4, -0.2) is 11.0 Å². The van der Waals surface area contributed by atoms with Crippen LogP contribution in [0, 0.1) is 0 Å². The summed E-state index contributed by atoms with van der Waals surface area (Å²) in [5.74, 6) is 0. The van der Waals surface area contributed by atoms with Crippen LogP contribution in [0.15, 0.2) is 42.6 Å². The second-order valence-corrected chi connectivity index (χ2v) is 5.40. The largest absolute Gasteiger partial charge is 0.327 e. The second-order valence-electron chi connectivity index (χ2n) is 4.56. The van der Waals surface area contributed by atoms with E-state index in [0.29, 0.717) is 10.0 Å². The minimum Gasteiger partial charge on any atom is -0.327 e. The number of hydrogen-bond donors (Lipinski definition) is 1. The van der Waals surface area contributed by atoms with E-state index < -0.39 is 0 Å². The summed E-state index contributed by atoms with van der Waals surface area (Å²) < 4.78 is 0. The van der Waals surface area contributed by atoms with Gasteiger partial charge in [0.2, 0.25) is 0 Å². The highest BCUT2D eigenvalue weighted by Gasteiger charge is 2.08. The SMILES string of the molecule is NC(CCc1ccccn1)Cc1ccc(Cl)cc1Cl. The van der Waals surface area contributed by atoms with Gasteiger partial charge in [0.05, 0.1) is 0 Å². The van der Waals surface area contributed by atoms with Crippen molar-refractivity contribution in [2.75, 3.05) is 0 Å². The average molecular weight is 295 g/mol. The van der Waals surface area contributed by atoms with Gasteiger partial charge in [0.1, 0.15) is 0 Å². The third-order valence-electron chi connectivity index (χ3n) is 2.99. The van der Waals surface area contributed by atoms with Crippen LogP contribution in [0.3, 0.4) is 0 Å². The highest BCUT2D eigenvalue weighted by molar-refractivity contribution is 6.35. The van der Waals surface area contributed by atoms with E-state index in [0.717, 1.165) is 30.5 Å². The lowest BCUT2D eigenvalue weighted by atomic mass is 10.0. The molecule has 1 unspecified atom stereocenters. The molecule has 0 saturated carbocycles. The van der Waals surface area contributed by atoms with Gasteiger partial charge >= 0.3 is 0 Å². The molecule has 2 rings (SSSR count). The van der Waals surface area contributed by atoms with Crippen molar-refractivity contribution >= 4 is 23.2 Å². The Hall–Kier alpha value is -1.09. The molecule has 0 aliphatic heterocycles. The lowest BCUT2D eigenvalue weighted by Crippen LogP contribution is -2.23. The van der Waals surface area contributed by atoms with Crippen LogP contribution in [0.4, 0.5) is 0 Å². The van der Waals surface area contributed by atoms with Crippen LogP contribution in [0.5, 0.6) is 0 Å². The normalized spacial score (nSPS) is 12.4. The molecule has 1 aromatic heterocycles. The van der Waals surface area contributed by atoms with E-state index in [9.17, 15) is 0 Å². The first-order chi connectivity index (χ1) is 9.15. The van der Waals surface area contributed by atoms with Gasteiger partial charge in [-0.1, -0.05) is 35.3 Å². The Kier molecular flexibility index (Phi) is 5.20. The van der Waals surface area contributed by atoms with E-state index in [-0.39, 0.29) is 6.04 Å². The van der Waals surface area contributed by atoms with Crippen molar-refractivity contribution in [1.82, 2.24) is 4.98 Å². The molecule has 100 valence electrons. The Labute approximate surface area is 123 Å². The van der Waals surface area contributed by atoms with Crippen molar-refractivity contribution < 1.29 is 0 Å². The molecule has 0 spiro atoms. The lowest BCUT2D eigenvalue weighted by Gasteiger charge is -2.12. The number of pyridine rings is 1. The number of benzene rings is 1. The van der Waals surface area contributed by atoms with Crippen molar-refractivity contribution in [1.29, 1.82) is 0 Å². The minimum atomic E-state index is 0.0701. The number of hydrogen-bond acceptors (Lipinski definition) is 2. The molecule has 0 aliphatic carbocycles. The lowest BCUT2D eigenvalue weighted by molar-refractivity contribution is 0.605. The summed E-state index contributed by atoms with van der Waals surface area (Å²) in [6.45, 7) is 0. The zero-order valence-electron chi connectivity index (χ0n) is 10.5. The first-order valence-corrected chi connectivity index (χ1v) is 7.00. The van der Waals surface area contributed by atoms with Crippen LogP contribution in [0.25, 0.3) is 0 Å². The number of rotatable bonds is 5. The predicted octanol–water partition coefficient (Wildman–Crippen LogP) is 3.89. The average Bonchev–Trinajstić information content (AvgIpc) is 2.41. The molecule has 1 heterocycles. The molecule has 0 aliphatic rings. The molecule has 0 bridgehead atoms. The topological polar surface area (TPSA) is 38.9 Å². The molecule has 4 heteroatoms. The van der Waals surface area contributed by atoms with Crippen molar-refractivity contribution in [3.8, 4) is 0 Å². The molecule has 1 aromatic carbocycles. The third-order valence-corrected chi connectivity index (χ3v) is 3.58. The fraction of sp³-hybridized carbons (Fsp3) is 0.267. The molecule has 2 nitrogen and oxygen atoms in total. The zero-order chi connectivity index (χ0) is 13.7. The van der Waals surface area contributed by atoms with Gasteiger partial charge in [-0.25, -0.2) is 0 Å². The molecular formula is C15H16Cl2N2. The Morgan fingerprint density at radius 1 is 1.16 bits per heavy atom. The maximum Gasteiger partial charge on any atom is 0.0453 e. The van der Waals surface area contributed by atoms with Gasteiger partial charge in [0, 0.05) is 28.0 Å². The predicted molar refractivity (Wildman–Crippen MR) is 80.7 cm³/mol. The third kappa shape index (κ3) is 4.50. The van der Waals surface area contributed by atoms with E-state index >= 15 is 0 Å². The van der Waals surface area contributed by atoms with Gasteiger partial charge in [-0.2, -0.15) is 0 Å². The summed E-state index contributed by atoms with van der Waals surface area (Å²) in [6.07, 6.45) is 4.32. The van der Waals surface area contributed by atoms with Gasteiger partial charge in [0.25, 0.3) is 0 Å². The van der Waals surface area contributed by atoms with Crippen LogP contribution in [-0.2, 0) is 12.8 Å². The maximum atomic E-state index is 6.14. The van der Waals surface area contributed by atoms with Gasteiger partial charge in [0.15, 0.2) is 0 Å². The molecule has 19 heavy (non-hydrogen) atoms. The first kappa shape index (κ1) is 14.3. The van der Waals surface area contributed by atoms with Gasteiger partial charge in [-0.15, -0.1) is 0 Å². The Bertz CT molecular complexity index is 529. The van der Waals surface area contributed by atoms with Crippen LogP contribution in [0.2, 0.25) is 10.0 Å². The number of aryl methyl sites for hydroxylation is 1. The quantitative estimate of drug-likeness (QED) is 0.908. The number of nitrogens with zero attached hydrogens (tertiary/aromatic N) is 1. The summed E-state index contributed by atoms with van der Waals surface area (Å²) in [7, 11) is 0. The Morgan fingerprint density at radius 3 is 2.68 bits per heavy atom. The van der Waals surface area contributed by atoms with Gasteiger partial charge < -0.3 is 5.73 Å². The van der Waals surface area contributed by atoms with Crippen molar-refractivity contribution in [3.05, 3.63) is 63.9 Å². The van der Waals surface area contributed by atoms with E-state index in [1.165, 1.54) is 0 Å². The smallest absolute Gasteiger partial charge is 0.0453 e. The molecule has 0 amide bonds. The van der Waals surface area contributed by atoms with Gasteiger partial charge in [-0.05, 0) is 49.1 Å². The fourth-order valence-corrected chi connectivity index (χ4v) is 2.44.